The molecule has 0 radical (unpaired) electrons. The van der Waals surface area contributed by atoms with E-state index in [2.05, 4.69) is 37.2 Å². The minimum Gasteiger partial charge on any atom is -0.451 e. The van der Waals surface area contributed by atoms with Crippen LogP contribution in [0.2, 0.25) is 0 Å². The largest absolute Gasteiger partial charge is 0.451 e. The third kappa shape index (κ3) is 4.92. The van der Waals surface area contributed by atoms with Gasteiger partial charge in [-0.15, -0.1) is 11.3 Å². The predicted molar refractivity (Wildman–Crippen MR) is 106 cm³/mol. The van der Waals surface area contributed by atoms with Crippen LogP contribution in [0.1, 0.15) is 39.4 Å². The minimum atomic E-state index is -0.428. The van der Waals surface area contributed by atoms with Crippen LogP contribution >= 0.6 is 43.2 Å². The van der Waals surface area contributed by atoms with Gasteiger partial charge >= 0.3 is 5.97 Å². The Morgan fingerprint density at radius 3 is 2.72 bits per heavy atom. The van der Waals surface area contributed by atoms with E-state index in [4.69, 9.17) is 4.74 Å². The zero-order valence-electron chi connectivity index (χ0n) is 13.4. The molecular formula is C18H17Br2NO3S. The Hall–Kier alpha value is -1.18. The Kier molecular flexibility index (Phi) is 6.30. The zero-order chi connectivity index (χ0) is 17.8. The number of ether oxygens (including phenoxy) is 1. The average Bonchev–Trinajstić information content (AvgIpc) is 2.86. The van der Waals surface area contributed by atoms with Gasteiger partial charge in [0.1, 0.15) is 4.88 Å². The van der Waals surface area contributed by atoms with Crippen LogP contribution in [0.5, 0.6) is 0 Å². The summed E-state index contributed by atoms with van der Waals surface area (Å²) >= 11 is 8.23. The van der Waals surface area contributed by atoms with E-state index in [9.17, 15) is 9.59 Å². The fraction of sp³-hybridized carbons (Fsp3) is 0.333. The van der Waals surface area contributed by atoms with E-state index in [1.54, 1.807) is 6.07 Å². The average molecular weight is 487 g/mol. The second-order valence-electron chi connectivity index (χ2n) is 5.87. The molecule has 0 saturated heterocycles. The van der Waals surface area contributed by atoms with Crippen LogP contribution in [0.25, 0.3) is 0 Å². The molecule has 2 aromatic rings. The van der Waals surface area contributed by atoms with Gasteiger partial charge in [-0.05, 0) is 71.4 Å². The molecule has 1 aliphatic carbocycles. The number of benzene rings is 1. The Balaban J connectivity index is 1.56. The Labute approximate surface area is 167 Å². The highest BCUT2D eigenvalue weighted by atomic mass is 79.9. The molecule has 1 aliphatic rings. The molecule has 1 aromatic carbocycles. The van der Waals surface area contributed by atoms with E-state index < -0.39 is 5.97 Å². The van der Waals surface area contributed by atoms with Gasteiger partial charge in [-0.2, -0.15) is 0 Å². The number of carbonyl (C=O) groups is 2. The van der Waals surface area contributed by atoms with Crippen molar-refractivity contribution in [2.75, 3.05) is 11.9 Å². The molecule has 4 nitrogen and oxygen atoms in total. The third-order valence-electron chi connectivity index (χ3n) is 3.99. The molecule has 0 spiro atoms. The van der Waals surface area contributed by atoms with Crippen molar-refractivity contribution in [3.8, 4) is 0 Å². The first-order valence-corrected chi connectivity index (χ1v) is 10.5. The minimum absolute atomic E-state index is 0.302. The molecule has 0 bridgehead atoms. The van der Waals surface area contributed by atoms with Crippen LogP contribution in [-0.2, 0) is 22.4 Å². The molecule has 132 valence electrons. The predicted octanol–water partition coefficient (Wildman–Crippen LogP) is 5.34. The number of nitrogens with one attached hydrogen (secondary N) is 1. The third-order valence-corrected chi connectivity index (χ3v) is 6.35. The number of carbonyl (C=O) groups excluding carboxylic acids is 2. The standard InChI is InChI=1S/C18H17Br2NO3S/c19-12-6-7-14(13(20)9-12)21-17(22)10-24-18(23)16-8-11-4-2-1-3-5-15(11)25-16/h6-9H,1-5,10H2,(H,21,22). The maximum Gasteiger partial charge on any atom is 0.348 e. The number of rotatable bonds is 4. The molecule has 1 N–H and O–H groups in total. The van der Waals surface area contributed by atoms with E-state index in [0.717, 1.165) is 21.8 Å². The summed E-state index contributed by atoms with van der Waals surface area (Å²) < 4.78 is 6.83. The molecule has 25 heavy (non-hydrogen) atoms. The number of anilines is 1. The molecular weight excluding hydrogens is 470 g/mol. The van der Waals surface area contributed by atoms with Gasteiger partial charge in [0.15, 0.2) is 6.61 Å². The monoisotopic (exact) mass is 485 g/mol. The molecule has 0 saturated carbocycles. The smallest absolute Gasteiger partial charge is 0.348 e. The van der Waals surface area contributed by atoms with Crippen molar-refractivity contribution < 1.29 is 14.3 Å². The Bertz CT molecular complexity index is 780. The van der Waals surface area contributed by atoms with E-state index in [1.807, 2.05) is 18.2 Å². The second-order valence-corrected chi connectivity index (χ2v) is 8.77. The van der Waals surface area contributed by atoms with Crippen LogP contribution in [-0.4, -0.2) is 18.5 Å². The molecule has 0 fully saturated rings. The number of amides is 1. The summed E-state index contributed by atoms with van der Waals surface area (Å²) in [7, 11) is 0. The number of thiophene rings is 1. The van der Waals surface area contributed by atoms with Crippen molar-refractivity contribution in [3.63, 3.8) is 0 Å². The Morgan fingerprint density at radius 1 is 1.12 bits per heavy atom. The van der Waals surface area contributed by atoms with Gasteiger partial charge < -0.3 is 10.1 Å². The molecule has 1 amide bonds. The summed E-state index contributed by atoms with van der Waals surface area (Å²) in [5.74, 6) is -0.794. The summed E-state index contributed by atoms with van der Waals surface area (Å²) in [6.45, 7) is -0.302. The number of aryl methyl sites for hydroxylation is 2. The SMILES string of the molecule is O=C(COC(=O)c1cc2c(s1)CCCCC2)Nc1ccc(Br)cc1Br. The maximum atomic E-state index is 12.2. The maximum absolute atomic E-state index is 12.2. The first-order chi connectivity index (χ1) is 12.0. The first kappa shape index (κ1) is 18.6. The van der Waals surface area contributed by atoms with Crippen molar-refractivity contribution in [1.82, 2.24) is 0 Å². The quantitative estimate of drug-likeness (QED) is 0.468. The van der Waals surface area contributed by atoms with Crippen LogP contribution in [0.3, 0.4) is 0 Å². The van der Waals surface area contributed by atoms with E-state index >= 15 is 0 Å². The summed E-state index contributed by atoms with van der Waals surface area (Å²) in [4.78, 5) is 26.1. The fourth-order valence-corrected chi connectivity index (χ4v) is 5.04. The van der Waals surface area contributed by atoms with Gasteiger partial charge in [0.05, 0.1) is 5.69 Å². The van der Waals surface area contributed by atoms with Gasteiger partial charge in [0.2, 0.25) is 0 Å². The summed E-state index contributed by atoms with van der Waals surface area (Å²) in [6.07, 6.45) is 5.64. The second kappa shape index (κ2) is 8.47. The van der Waals surface area contributed by atoms with Gasteiger partial charge in [0, 0.05) is 13.8 Å². The van der Waals surface area contributed by atoms with Crippen LogP contribution in [0.4, 0.5) is 5.69 Å². The highest BCUT2D eigenvalue weighted by molar-refractivity contribution is 9.11. The number of hydrogen-bond donors (Lipinski definition) is 1. The lowest BCUT2D eigenvalue weighted by Crippen LogP contribution is -2.20. The van der Waals surface area contributed by atoms with Crippen molar-refractivity contribution in [2.45, 2.75) is 32.1 Å². The molecule has 0 aliphatic heterocycles. The summed E-state index contributed by atoms with van der Waals surface area (Å²) in [5, 5.41) is 2.72. The van der Waals surface area contributed by atoms with Gasteiger partial charge in [0.25, 0.3) is 5.91 Å². The van der Waals surface area contributed by atoms with Crippen molar-refractivity contribution >= 4 is 60.8 Å². The van der Waals surface area contributed by atoms with Gasteiger partial charge in [-0.25, -0.2) is 4.79 Å². The molecule has 0 unspecified atom stereocenters. The van der Waals surface area contributed by atoms with Gasteiger partial charge in [-0.1, -0.05) is 22.4 Å². The summed E-state index contributed by atoms with van der Waals surface area (Å²) in [6, 6.07) is 7.35. The van der Waals surface area contributed by atoms with Crippen molar-refractivity contribution in [3.05, 3.63) is 48.5 Å². The van der Waals surface area contributed by atoms with E-state index in [-0.39, 0.29) is 12.5 Å². The summed E-state index contributed by atoms with van der Waals surface area (Å²) in [5.41, 5.74) is 1.89. The number of halogens is 2. The number of hydrogen-bond acceptors (Lipinski definition) is 4. The highest BCUT2D eigenvalue weighted by Gasteiger charge is 2.18. The lowest BCUT2D eigenvalue weighted by molar-refractivity contribution is -0.119. The molecule has 1 aromatic heterocycles. The van der Waals surface area contributed by atoms with Crippen LogP contribution < -0.4 is 5.32 Å². The van der Waals surface area contributed by atoms with Gasteiger partial charge in [-0.3, -0.25) is 4.79 Å². The molecule has 3 rings (SSSR count). The molecule has 1 heterocycles. The Morgan fingerprint density at radius 2 is 1.92 bits per heavy atom. The fourth-order valence-electron chi connectivity index (χ4n) is 2.75. The lowest BCUT2D eigenvalue weighted by Gasteiger charge is -2.08. The van der Waals surface area contributed by atoms with Crippen LogP contribution in [0, 0.1) is 0 Å². The number of fused-ring (bicyclic) bond motifs is 1. The normalized spacial score (nSPS) is 13.7. The molecule has 0 atom stereocenters. The molecule has 7 heteroatoms. The van der Waals surface area contributed by atoms with Crippen molar-refractivity contribution in [1.29, 1.82) is 0 Å². The topological polar surface area (TPSA) is 55.4 Å². The highest BCUT2D eigenvalue weighted by Crippen LogP contribution is 2.29. The van der Waals surface area contributed by atoms with E-state index in [0.29, 0.717) is 10.6 Å². The van der Waals surface area contributed by atoms with Crippen molar-refractivity contribution in [2.24, 2.45) is 0 Å². The number of esters is 1. The van der Waals surface area contributed by atoms with Crippen LogP contribution in [0.15, 0.2) is 33.2 Å². The lowest BCUT2D eigenvalue weighted by atomic mass is 10.1. The first-order valence-electron chi connectivity index (χ1n) is 8.06. The zero-order valence-corrected chi connectivity index (χ0v) is 17.4. The van der Waals surface area contributed by atoms with E-state index in [1.165, 1.54) is 41.0 Å².